The van der Waals surface area contributed by atoms with Crippen LogP contribution in [0.3, 0.4) is 0 Å². The first kappa shape index (κ1) is 18.3. The number of pyridine rings is 1. The second-order valence-electron chi connectivity index (χ2n) is 4.99. The Morgan fingerprint density at radius 2 is 1.96 bits per heavy atom. The van der Waals surface area contributed by atoms with Gasteiger partial charge >= 0.3 is 5.97 Å². The van der Waals surface area contributed by atoms with E-state index in [1.165, 1.54) is 6.21 Å². The van der Waals surface area contributed by atoms with Gasteiger partial charge in [0.25, 0.3) is 0 Å². The standard InChI is InChI=1S/C18H17F2N3O2/c1-2-22-10-14(16(21)13-8-9-15(19)23-17(13)20)18(24)25-11-12-6-4-3-5-7-12/h3-10H,2,11,21H2,1H3/b16-14+,22-10?. The molecule has 0 saturated carbocycles. The molecule has 0 atom stereocenters. The van der Waals surface area contributed by atoms with E-state index in [1.807, 2.05) is 18.2 Å². The zero-order valence-corrected chi connectivity index (χ0v) is 13.6. The van der Waals surface area contributed by atoms with E-state index in [-0.39, 0.29) is 23.4 Å². The van der Waals surface area contributed by atoms with E-state index >= 15 is 0 Å². The maximum Gasteiger partial charge on any atom is 0.342 e. The molecule has 0 aliphatic carbocycles. The molecular formula is C18H17F2N3O2. The molecule has 0 fully saturated rings. The first-order chi connectivity index (χ1) is 12.0. The number of carbonyl (C=O) groups excluding carboxylic acids is 1. The molecule has 0 amide bonds. The van der Waals surface area contributed by atoms with E-state index in [0.29, 0.717) is 6.54 Å². The average molecular weight is 345 g/mol. The van der Waals surface area contributed by atoms with Crippen LogP contribution in [-0.4, -0.2) is 23.7 Å². The number of carbonyl (C=O) groups is 1. The van der Waals surface area contributed by atoms with Crippen LogP contribution < -0.4 is 5.73 Å². The molecule has 0 aliphatic heterocycles. The third kappa shape index (κ3) is 4.94. The summed E-state index contributed by atoms with van der Waals surface area (Å²) in [6.45, 7) is 2.19. The van der Waals surface area contributed by atoms with Gasteiger partial charge in [0.1, 0.15) is 12.2 Å². The van der Waals surface area contributed by atoms with Gasteiger partial charge in [-0.1, -0.05) is 30.3 Å². The van der Waals surface area contributed by atoms with Crippen molar-refractivity contribution in [3.05, 3.63) is 71.1 Å². The van der Waals surface area contributed by atoms with Crippen LogP contribution in [-0.2, 0) is 16.1 Å². The fourth-order valence-electron chi connectivity index (χ4n) is 1.97. The van der Waals surface area contributed by atoms with Crippen molar-refractivity contribution in [1.29, 1.82) is 0 Å². The fraction of sp³-hybridized carbons (Fsp3) is 0.167. The summed E-state index contributed by atoms with van der Waals surface area (Å²) in [6, 6.07) is 11.1. The molecule has 7 heteroatoms. The van der Waals surface area contributed by atoms with Gasteiger partial charge in [0.2, 0.25) is 11.9 Å². The molecule has 1 heterocycles. The third-order valence-electron chi connectivity index (χ3n) is 3.23. The number of rotatable bonds is 6. The summed E-state index contributed by atoms with van der Waals surface area (Å²) in [5.74, 6) is -2.86. The van der Waals surface area contributed by atoms with Crippen LogP contribution in [0.25, 0.3) is 5.70 Å². The summed E-state index contributed by atoms with van der Waals surface area (Å²) in [5, 5.41) is 0. The minimum absolute atomic E-state index is 0.0283. The van der Waals surface area contributed by atoms with Crippen LogP contribution >= 0.6 is 0 Å². The van der Waals surface area contributed by atoms with Crippen LogP contribution in [0.1, 0.15) is 18.1 Å². The highest BCUT2D eigenvalue weighted by atomic mass is 19.1. The SMILES string of the molecule is CCN=C/C(C(=O)OCc1ccccc1)=C(\N)c1ccc(F)nc1F. The highest BCUT2D eigenvalue weighted by molar-refractivity contribution is 6.15. The van der Waals surface area contributed by atoms with Crippen molar-refractivity contribution in [2.24, 2.45) is 10.7 Å². The predicted octanol–water partition coefficient (Wildman–Crippen LogP) is 2.86. The molecule has 0 saturated heterocycles. The van der Waals surface area contributed by atoms with Gasteiger partial charge in [-0.05, 0) is 24.6 Å². The highest BCUT2D eigenvalue weighted by Crippen LogP contribution is 2.17. The maximum atomic E-state index is 13.8. The molecule has 5 nitrogen and oxygen atoms in total. The van der Waals surface area contributed by atoms with Gasteiger partial charge in [-0.25, -0.2) is 4.79 Å². The molecule has 130 valence electrons. The van der Waals surface area contributed by atoms with E-state index in [4.69, 9.17) is 10.5 Å². The molecule has 2 rings (SSSR count). The molecule has 0 radical (unpaired) electrons. The zero-order valence-electron chi connectivity index (χ0n) is 13.6. The summed E-state index contributed by atoms with van der Waals surface area (Å²) in [4.78, 5) is 19.4. The largest absolute Gasteiger partial charge is 0.457 e. The van der Waals surface area contributed by atoms with Crippen LogP contribution in [0.15, 0.2) is 53.0 Å². The van der Waals surface area contributed by atoms with E-state index < -0.39 is 17.9 Å². The summed E-state index contributed by atoms with van der Waals surface area (Å²) in [6.07, 6.45) is 1.21. The van der Waals surface area contributed by atoms with E-state index in [9.17, 15) is 13.6 Å². The van der Waals surface area contributed by atoms with E-state index in [1.54, 1.807) is 19.1 Å². The Balaban J connectivity index is 2.30. The number of esters is 1. The molecule has 25 heavy (non-hydrogen) atoms. The predicted molar refractivity (Wildman–Crippen MR) is 90.5 cm³/mol. The Morgan fingerprint density at radius 1 is 1.24 bits per heavy atom. The summed E-state index contributed by atoms with van der Waals surface area (Å²) < 4.78 is 32.0. The monoisotopic (exact) mass is 345 g/mol. The molecule has 2 N–H and O–H groups in total. The number of ether oxygens (including phenoxy) is 1. The second kappa shape index (κ2) is 8.68. The highest BCUT2D eigenvalue weighted by Gasteiger charge is 2.18. The van der Waals surface area contributed by atoms with Gasteiger partial charge in [0, 0.05) is 12.8 Å². The van der Waals surface area contributed by atoms with Crippen LogP contribution in [0.5, 0.6) is 0 Å². The van der Waals surface area contributed by atoms with Crippen molar-refractivity contribution in [2.45, 2.75) is 13.5 Å². The van der Waals surface area contributed by atoms with Crippen LogP contribution in [0.2, 0.25) is 0 Å². The smallest absolute Gasteiger partial charge is 0.342 e. The van der Waals surface area contributed by atoms with Crippen molar-refractivity contribution in [2.75, 3.05) is 6.54 Å². The van der Waals surface area contributed by atoms with Gasteiger partial charge < -0.3 is 10.5 Å². The van der Waals surface area contributed by atoms with E-state index in [2.05, 4.69) is 9.98 Å². The number of benzene rings is 1. The number of aromatic nitrogens is 1. The van der Waals surface area contributed by atoms with Gasteiger partial charge in [0.15, 0.2) is 0 Å². The van der Waals surface area contributed by atoms with Gasteiger partial charge in [-0.15, -0.1) is 0 Å². The first-order valence-corrected chi connectivity index (χ1v) is 7.56. The van der Waals surface area contributed by atoms with Crippen molar-refractivity contribution in [3.8, 4) is 0 Å². The summed E-state index contributed by atoms with van der Waals surface area (Å²) in [7, 11) is 0. The quantitative estimate of drug-likeness (QED) is 0.378. The Morgan fingerprint density at radius 3 is 2.60 bits per heavy atom. The number of hydrogen-bond donors (Lipinski definition) is 1. The molecule has 0 unspecified atom stereocenters. The minimum atomic E-state index is -1.12. The Kier molecular flexibility index (Phi) is 6.33. The normalized spacial score (nSPS) is 12.1. The second-order valence-corrected chi connectivity index (χ2v) is 4.99. The average Bonchev–Trinajstić information content (AvgIpc) is 2.61. The van der Waals surface area contributed by atoms with Crippen molar-refractivity contribution in [1.82, 2.24) is 4.98 Å². The van der Waals surface area contributed by atoms with Gasteiger partial charge in [0.05, 0.1) is 11.3 Å². The van der Waals surface area contributed by atoms with Crippen molar-refractivity contribution in [3.63, 3.8) is 0 Å². The maximum absolute atomic E-state index is 13.8. The molecular weight excluding hydrogens is 328 g/mol. The summed E-state index contributed by atoms with van der Waals surface area (Å²) in [5.41, 5.74) is 6.13. The number of nitrogens with zero attached hydrogens (tertiary/aromatic N) is 2. The number of nitrogens with two attached hydrogens (primary N) is 1. The number of halogens is 2. The Bertz CT molecular complexity index is 805. The number of aliphatic imine (C=N–C) groups is 1. The molecule has 2 aromatic rings. The van der Waals surface area contributed by atoms with Gasteiger partial charge in [-0.2, -0.15) is 13.8 Å². The summed E-state index contributed by atoms with van der Waals surface area (Å²) >= 11 is 0. The fourth-order valence-corrected chi connectivity index (χ4v) is 1.97. The lowest BCUT2D eigenvalue weighted by Gasteiger charge is -2.09. The molecule has 1 aromatic carbocycles. The van der Waals surface area contributed by atoms with Crippen molar-refractivity contribution >= 4 is 17.9 Å². The molecule has 1 aromatic heterocycles. The lowest BCUT2D eigenvalue weighted by atomic mass is 10.1. The molecule has 0 aliphatic rings. The van der Waals surface area contributed by atoms with Crippen molar-refractivity contribution < 1.29 is 18.3 Å². The minimum Gasteiger partial charge on any atom is -0.457 e. The zero-order chi connectivity index (χ0) is 18.2. The van der Waals surface area contributed by atoms with E-state index in [0.717, 1.165) is 17.7 Å². The van der Waals surface area contributed by atoms with Gasteiger partial charge in [-0.3, -0.25) is 4.99 Å². The molecule has 0 spiro atoms. The van der Waals surface area contributed by atoms with Crippen LogP contribution in [0, 0.1) is 11.9 Å². The topological polar surface area (TPSA) is 77.6 Å². The Hall–Kier alpha value is -3.09. The molecule has 0 bridgehead atoms. The Labute approximate surface area is 143 Å². The third-order valence-corrected chi connectivity index (χ3v) is 3.23. The van der Waals surface area contributed by atoms with Crippen LogP contribution in [0.4, 0.5) is 8.78 Å². The lowest BCUT2D eigenvalue weighted by Crippen LogP contribution is -2.16. The number of hydrogen-bond acceptors (Lipinski definition) is 5. The first-order valence-electron chi connectivity index (χ1n) is 7.56. The lowest BCUT2D eigenvalue weighted by molar-refractivity contribution is -0.139.